The summed E-state index contributed by atoms with van der Waals surface area (Å²) in [6, 6.07) is 0. The predicted molar refractivity (Wildman–Crippen MR) is 57.2 cm³/mol. The number of rotatable bonds is 6. The van der Waals surface area contributed by atoms with Gasteiger partial charge in [0.1, 0.15) is 0 Å². The first-order valence-electron chi connectivity index (χ1n) is 4.53. The third-order valence-corrected chi connectivity index (χ3v) is 2.34. The first-order chi connectivity index (χ1) is 7.42. The number of esters is 2. The Bertz CT molecular complexity index is 277. The average molecular weight is 250 g/mol. The van der Waals surface area contributed by atoms with Gasteiger partial charge in [-0.05, 0) is 0 Å². The molecule has 0 radical (unpaired) electrons. The number of methoxy groups -OCH3 is 1. The van der Waals surface area contributed by atoms with Gasteiger partial charge in [0, 0.05) is 5.75 Å². The third-order valence-electron chi connectivity index (χ3n) is 1.79. The molecule has 0 aliphatic rings. The van der Waals surface area contributed by atoms with Crippen molar-refractivity contribution < 1.29 is 29.0 Å². The van der Waals surface area contributed by atoms with Crippen LogP contribution in [0.4, 0.5) is 0 Å². The van der Waals surface area contributed by atoms with Gasteiger partial charge in [0.2, 0.25) is 6.10 Å². The quantitative estimate of drug-likeness (QED) is 0.514. The van der Waals surface area contributed by atoms with Crippen molar-refractivity contribution in [3.63, 3.8) is 0 Å². The van der Waals surface area contributed by atoms with Crippen LogP contribution in [-0.4, -0.2) is 42.0 Å². The zero-order valence-corrected chi connectivity index (χ0v) is 9.90. The first kappa shape index (κ1) is 14.8. The van der Waals surface area contributed by atoms with Crippen molar-refractivity contribution >= 4 is 30.5 Å². The lowest BCUT2D eigenvalue weighted by Crippen LogP contribution is -2.32. The molecule has 0 saturated heterocycles. The highest BCUT2D eigenvalue weighted by atomic mass is 32.1. The molecule has 7 heteroatoms. The summed E-state index contributed by atoms with van der Waals surface area (Å²) in [5.41, 5.74) is 0. The predicted octanol–water partition coefficient (Wildman–Crippen LogP) is 0.112. The standard InChI is InChI=1S/C9H14O6S/c1-5(4-16)9(13)15-6(8(11)12)3-7(10)14-2/h5-6,16H,3-4H2,1-2H3,(H,11,12)/t5-,6?/m1/s1. The van der Waals surface area contributed by atoms with Gasteiger partial charge in [0.15, 0.2) is 0 Å². The zero-order valence-electron chi connectivity index (χ0n) is 9.00. The van der Waals surface area contributed by atoms with Crippen LogP contribution in [0.2, 0.25) is 0 Å². The van der Waals surface area contributed by atoms with E-state index in [9.17, 15) is 14.4 Å². The highest BCUT2D eigenvalue weighted by molar-refractivity contribution is 7.80. The number of hydrogen-bond acceptors (Lipinski definition) is 6. The molecule has 1 unspecified atom stereocenters. The Hall–Kier alpha value is -1.24. The second-order valence-corrected chi connectivity index (χ2v) is 3.49. The summed E-state index contributed by atoms with van der Waals surface area (Å²) in [4.78, 5) is 32.8. The maximum atomic E-state index is 11.3. The van der Waals surface area contributed by atoms with Crippen LogP contribution < -0.4 is 0 Å². The largest absolute Gasteiger partial charge is 0.478 e. The van der Waals surface area contributed by atoms with E-state index in [4.69, 9.17) is 5.11 Å². The van der Waals surface area contributed by atoms with E-state index in [1.165, 1.54) is 0 Å². The fraction of sp³-hybridized carbons (Fsp3) is 0.667. The third kappa shape index (κ3) is 5.01. The van der Waals surface area contributed by atoms with Crippen molar-refractivity contribution in [1.82, 2.24) is 0 Å². The Morgan fingerprint density at radius 3 is 2.31 bits per heavy atom. The maximum Gasteiger partial charge on any atom is 0.345 e. The van der Waals surface area contributed by atoms with E-state index < -0.39 is 36.4 Å². The molecule has 0 fully saturated rings. The summed E-state index contributed by atoms with van der Waals surface area (Å²) in [5.74, 6) is -3.12. The average Bonchev–Trinajstić information content (AvgIpc) is 2.26. The Balaban J connectivity index is 4.40. The Morgan fingerprint density at radius 1 is 1.38 bits per heavy atom. The maximum absolute atomic E-state index is 11.3. The number of aliphatic carboxylic acids is 1. The fourth-order valence-electron chi connectivity index (χ4n) is 0.745. The van der Waals surface area contributed by atoms with Crippen molar-refractivity contribution in [3.8, 4) is 0 Å². The number of hydrogen-bond donors (Lipinski definition) is 2. The lowest BCUT2D eigenvalue weighted by atomic mass is 10.2. The SMILES string of the molecule is COC(=O)CC(OC(=O)[C@H](C)CS)C(=O)O. The van der Waals surface area contributed by atoms with Crippen LogP contribution in [0.3, 0.4) is 0 Å². The smallest absolute Gasteiger partial charge is 0.345 e. The molecule has 0 aromatic heterocycles. The van der Waals surface area contributed by atoms with E-state index in [1.807, 2.05) is 0 Å². The van der Waals surface area contributed by atoms with Gasteiger partial charge in [0.05, 0.1) is 19.4 Å². The molecule has 92 valence electrons. The van der Waals surface area contributed by atoms with Gasteiger partial charge >= 0.3 is 17.9 Å². The van der Waals surface area contributed by atoms with E-state index >= 15 is 0 Å². The summed E-state index contributed by atoms with van der Waals surface area (Å²) in [6.45, 7) is 1.55. The summed E-state index contributed by atoms with van der Waals surface area (Å²) in [6.07, 6.45) is -2.01. The molecule has 0 aliphatic heterocycles. The van der Waals surface area contributed by atoms with E-state index in [2.05, 4.69) is 22.1 Å². The summed E-state index contributed by atoms with van der Waals surface area (Å²) < 4.78 is 8.94. The number of carboxylic acid groups (broad SMARTS) is 1. The van der Waals surface area contributed by atoms with Crippen molar-refractivity contribution in [2.45, 2.75) is 19.4 Å². The molecule has 1 N–H and O–H groups in total. The minimum atomic E-state index is -1.51. The number of carboxylic acids is 1. The van der Waals surface area contributed by atoms with Gasteiger partial charge in [-0.3, -0.25) is 9.59 Å². The molecular weight excluding hydrogens is 236 g/mol. The van der Waals surface area contributed by atoms with E-state index in [-0.39, 0.29) is 5.75 Å². The van der Waals surface area contributed by atoms with Gasteiger partial charge in [-0.2, -0.15) is 12.6 Å². The van der Waals surface area contributed by atoms with Crippen molar-refractivity contribution in [2.75, 3.05) is 12.9 Å². The molecular formula is C9H14O6S. The minimum absolute atomic E-state index is 0.239. The molecule has 6 nitrogen and oxygen atoms in total. The highest BCUT2D eigenvalue weighted by Gasteiger charge is 2.27. The zero-order chi connectivity index (χ0) is 12.7. The number of thiol groups is 1. The number of ether oxygens (including phenoxy) is 2. The van der Waals surface area contributed by atoms with E-state index in [0.717, 1.165) is 7.11 Å². The molecule has 0 amide bonds. The van der Waals surface area contributed by atoms with Gasteiger partial charge < -0.3 is 14.6 Å². The van der Waals surface area contributed by atoms with Gasteiger partial charge in [-0.1, -0.05) is 6.92 Å². The Morgan fingerprint density at radius 2 is 1.94 bits per heavy atom. The van der Waals surface area contributed by atoms with Gasteiger partial charge in [-0.25, -0.2) is 4.79 Å². The van der Waals surface area contributed by atoms with Crippen LogP contribution in [0.1, 0.15) is 13.3 Å². The molecule has 0 aliphatic carbocycles. The summed E-state index contributed by atoms with van der Waals surface area (Å²) in [7, 11) is 1.12. The van der Waals surface area contributed by atoms with Crippen molar-refractivity contribution in [1.29, 1.82) is 0 Å². The monoisotopic (exact) mass is 250 g/mol. The summed E-state index contributed by atoms with van der Waals surface area (Å²) in [5, 5.41) is 8.72. The molecule has 0 spiro atoms. The Kier molecular flexibility index (Phi) is 6.55. The van der Waals surface area contributed by atoms with E-state index in [0.29, 0.717) is 0 Å². The second kappa shape index (κ2) is 7.10. The topological polar surface area (TPSA) is 89.9 Å². The van der Waals surface area contributed by atoms with Crippen LogP contribution in [-0.2, 0) is 23.9 Å². The molecule has 0 aromatic carbocycles. The van der Waals surface area contributed by atoms with Gasteiger partial charge in [-0.15, -0.1) is 0 Å². The lowest BCUT2D eigenvalue weighted by Gasteiger charge is -2.14. The lowest BCUT2D eigenvalue weighted by molar-refractivity contribution is -0.169. The number of carbonyl (C=O) groups is 3. The van der Waals surface area contributed by atoms with Gasteiger partial charge in [0.25, 0.3) is 0 Å². The van der Waals surface area contributed by atoms with E-state index in [1.54, 1.807) is 6.92 Å². The molecule has 0 aromatic rings. The normalized spacial score (nSPS) is 13.7. The van der Waals surface area contributed by atoms with Crippen LogP contribution in [0.15, 0.2) is 0 Å². The highest BCUT2D eigenvalue weighted by Crippen LogP contribution is 2.07. The molecule has 2 atom stereocenters. The van der Waals surface area contributed by atoms with Crippen molar-refractivity contribution in [2.24, 2.45) is 5.92 Å². The molecule has 0 heterocycles. The summed E-state index contributed by atoms with van der Waals surface area (Å²) >= 11 is 3.88. The first-order valence-corrected chi connectivity index (χ1v) is 5.16. The molecule has 0 bridgehead atoms. The van der Waals surface area contributed by atoms with Crippen LogP contribution >= 0.6 is 12.6 Å². The number of carbonyl (C=O) groups excluding carboxylic acids is 2. The fourth-order valence-corrected chi connectivity index (χ4v) is 0.894. The second-order valence-electron chi connectivity index (χ2n) is 3.13. The van der Waals surface area contributed by atoms with Crippen LogP contribution in [0.5, 0.6) is 0 Å². The molecule has 16 heavy (non-hydrogen) atoms. The molecule has 0 saturated carbocycles. The Labute approximate surface area is 98.3 Å². The van der Waals surface area contributed by atoms with Crippen LogP contribution in [0.25, 0.3) is 0 Å². The van der Waals surface area contributed by atoms with Crippen LogP contribution in [0, 0.1) is 5.92 Å². The van der Waals surface area contributed by atoms with Crippen molar-refractivity contribution in [3.05, 3.63) is 0 Å². The minimum Gasteiger partial charge on any atom is -0.478 e. The molecule has 0 rings (SSSR count).